The summed E-state index contributed by atoms with van der Waals surface area (Å²) in [5, 5.41) is 10.1. The molecule has 0 aromatic heterocycles. The zero-order valence-corrected chi connectivity index (χ0v) is 11.7. The fourth-order valence-electron chi connectivity index (χ4n) is 1.69. The van der Waals surface area contributed by atoms with Gasteiger partial charge in [0.25, 0.3) is 0 Å². The van der Waals surface area contributed by atoms with Crippen LogP contribution in [0.1, 0.15) is 38.9 Å². The van der Waals surface area contributed by atoms with Crippen molar-refractivity contribution < 1.29 is 23.0 Å². The lowest BCUT2D eigenvalue weighted by Gasteiger charge is -2.29. The zero-order chi connectivity index (χ0) is 15.6. The topological polar surface area (TPSA) is 55.5 Å². The molecule has 1 aromatic carbocycles. The molecule has 0 aliphatic heterocycles. The van der Waals surface area contributed by atoms with Crippen LogP contribution in [0.25, 0.3) is 0 Å². The minimum Gasteiger partial charge on any atom is -0.405 e. The van der Waals surface area contributed by atoms with Gasteiger partial charge in [0.2, 0.25) is 0 Å². The smallest absolute Gasteiger partial charge is 0.405 e. The van der Waals surface area contributed by atoms with Crippen molar-refractivity contribution in [2.75, 3.05) is 0 Å². The van der Waals surface area contributed by atoms with Crippen LogP contribution in [-0.4, -0.2) is 17.5 Å². The highest BCUT2D eigenvalue weighted by molar-refractivity contribution is 5.35. The lowest BCUT2D eigenvalue weighted by atomic mass is 9.83. The molecule has 0 aliphatic carbocycles. The Morgan fingerprint density at radius 3 is 2.25 bits per heavy atom. The number of ether oxygens (including phenoxy) is 1. The number of hydrogen-bond donors (Lipinski definition) is 2. The van der Waals surface area contributed by atoms with Crippen molar-refractivity contribution in [3.05, 3.63) is 29.8 Å². The van der Waals surface area contributed by atoms with E-state index >= 15 is 0 Å². The second-order valence-corrected chi connectivity index (χ2v) is 5.81. The summed E-state index contributed by atoms with van der Waals surface area (Å²) < 4.78 is 40.8. The molecular weight excluding hydrogens is 271 g/mol. The van der Waals surface area contributed by atoms with Crippen LogP contribution in [0.3, 0.4) is 0 Å². The second kappa shape index (κ2) is 6.01. The van der Waals surface area contributed by atoms with E-state index in [1.165, 1.54) is 18.2 Å². The Kier molecular flexibility index (Phi) is 5.05. The van der Waals surface area contributed by atoms with Crippen molar-refractivity contribution in [1.82, 2.24) is 0 Å². The molecule has 6 heteroatoms. The van der Waals surface area contributed by atoms with Gasteiger partial charge in [-0.15, -0.1) is 13.2 Å². The maximum Gasteiger partial charge on any atom is 0.573 e. The van der Waals surface area contributed by atoms with Crippen LogP contribution in [0.5, 0.6) is 5.75 Å². The first-order valence-corrected chi connectivity index (χ1v) is 6.29. The number of aliphatic hydroxyl groups excluding tert-OH is 1. The van der Waals surface area contributed by atoms with E-state index in [4.69, 9.17) is 5.73 Å². The molecule has 0 heterocycles. The molecule has 0 radical (unpaired) electrons. The predicted octanol–water partition coefficient (Wildman–Crippen LogP) is 3.38. The van der Waals surface area contributed by atoms with E-state index in [0.717, 1.165) is 0 Å². The third kappa shape index (κ3) is 5.02. The Morgan fingerprint density at radius 2 is 1.75 bits per heavy atom. The van der Waals surface area contributed by atoms with Gasteiger partial charge >= 0.3 is 6.36 Å². The number of alkyl halides is 3. The molecule has 1 rings (SSSR count). The van der Waals surface area contributed by atoms with E-state index in [0.29, 0.717) is 0 Å². The van der Waals surface area contributed by atoms with Gasteiger partial charge in [-0.1, -0.05) is 39.0 Å². The fraction of sp³-hybridized carbons (Fsp3) is 0.571. The summed E-state index contributed by atoms with van der Waals surface area (Å²) in [6, 6.07) is 5.19. The van der Waals surface area contributed by atoms with Gasteiger partial charge in [-0.2, -0.15) is 0 Å². The maximum atomic E-state index is 12.3. The van der Waals surface area contributed by atoms with Crippen molar-refractivity contribution in [2.45, 2.75) is 45.7 Å². The lowest BCUT2D eigenvalue weighted by Crippen LogP contribution is -2.36. The Bertz CT molecular complexity index is 441. The SMILES string of the molecule is CC(C)(C)[C@H](N)C[C@H](O)c1ccccc1OC(F)(F)F. The number of halogens is 3. The van der Waals surface area contributed by atoms with Crippen LogP contribution in [0, 0.1) is 5.41 Å². The molecule has 0 bridgehead atoms. The van der Waals surface area contributed by atoms with Crippen molar-refractivity contribution in [2.24, 2.45) is 11.1 Å². The fourth-order valence-corrected chi connectivity index (χ4v) is 1.69. The van der Waals surface area contributed by atoms with E-state index in [9.17, 15) is 18.3 Å². The summed E-state index contributed by atoms with van der Waals surface area (Å²) in [7, 11) is 0. The summed E-state index contributed by atoms with van der Waals surface area (Å²) in [6.07, 6.45) is -5.74. The quantitative estimate of drug-likeness (QED) is 0.894. The summed E-state index contributed by atoms with van der Waals surface area (Å²) in [4.78, 5) is 0. The molecule has 20 heavy (non-hydrogen) atoms. The standard InChI is InChI=1S/C14H20F3NO2/c1-13(2,3)12(18)8-10(19)9-6-4-5-7-11(9)20-14(15,16)17/h4-7,10,12,19H,8,18H2,1-3H3/t10-,12+/m0/s1. The van der Waals surface area contributed by atoms with Crippen LogP contribution in [0.4, 0.5) is 13.2 Å². The molecule has 114 valence electrons. The van der Waals surface area contributed by atoms with Gasteiger partial charge < -0.3 is 15.6 Å². The number of rotatable bonds is 4. The molecule has 0 saturated heterocycles. The minimum absolute atomic E-state index is 0.0875. The summed E-state index contributed by atoms with van der Waals surface area (Å²) in [6.45, 7) is 5.72. The maximum absolute atomic E-state index is 12.3. The Balaban J connectivity index is 2.90. The molecule has 2 atom stereocenters. The summed E-state index contributed by atoms with van der Waals surface area (Å²) >= 11 is 0. The summed E-state index contributed by atoms with van der Waals surface area (Å²) in [5.74, 6) is -0.395. The summed E-state index contributed by atoms with van der Waals surface area (Å²) in [5.41, 5.74) is 5.78. The van der Waals surface area contributed by atoms with Crippen LogP contribution in [0.2, 0.25) is 0 Å². The van der Waals surface area contributed by atoms with Gasteiger partial charge in [0.1, 0.15) is 5.75 Å². The highest BCUT2D eigenvalue weighted by Gasteiger charge is 2.33. The zero-order valence-electron chi connectivity index (χ0n) is 11.7. The average Bonchev–Trinajstić information content (AvgIpc) is 2.25. The van der Waals surface area contributed by atoms with Gasteiger partial charge in [-0.05, 0) is 17.9 Å². The van der Waals surface area contributed by atoms with Crippen LogP contribution >= 0.6 is 0 Å². The molecule has 0 fully saturated rings. The molecule has 3 N–H and O–H groups in total. The molecule has 0 spiro atoms. The number of benzene rings is 1. The molecule has 0 aliphatic rings. The van der Waals surface area contributed by atoms with Crippen molar-refractivity contribution in [1.29, 1.82) is 0 Å². The van der Waals surface area contributed by atoms with Crippen LogP contribution < -0.4 is 10.5 Å². The highest BCUT2D eigenvalue weighted by atomic mass is 19.4. The van der Waals surface area contributed by atoms with Gasteiger partial charge in [-0.3, -0.25) is 0 Å². The van der Waals surface area contributed by atoms with Gasteiger partial charge in [0.15, 0.2) is 0 Å². The first-order valence-electron chi connectivity index (χ1n) is 6.29. The number of hydrogen-bond acceptors (Lipinski definition) is 3. The first-order chi connectivity index (χ1) is 9.00. The van der Waals surface area contributed by atoms with E-state index in [1.54, 1.807) is 6.07 Å². The molecule has 0 saturated carbocycles. The minimum atomic E-state index is -4.79. The van der Waals surface area contributed by atoms with Gasteiger partial charge in [0.05, 0.1) is 6.10 Å². The molecule has 0 unspecified atom stereocenters. The normalized spacial score (nSPS) is 15.8. The first kappa shape index (κ1) is 16.8. The van der Waals surface area contributed by atoms with E-state index in [-0.39, 0.29) is 23.4 Å². The third-order valence-electron chi connectivity index (χ3n) is 3.09. The van der Waals surface area contributed by atoms with Crippen molar-refractivity contribution in [3.8, 4) is 5.75 Å². The van der Waals surface area contributed by atoms with Crippen molar-refractivity contribution in [3.63, 3.8) is 0 Å². The number of nitrogens with two attached hydrogens (primary N) is 1. The Morgan fingerprint density at radius 1 is 1.20 bits per heavy atom. The monoisotopic (exact) mass is 291 g/mol. The molecule has 0 amide bonds. The third-order valence-corrected chi connectivity index (χ3v) is 3.09. The average molecular weight is 291 g/mol. The predicted molar refractivity (Wildman–Crippen MR) is 70.1 cm³/mol. The molecule has 3 nitrogen and oxygen atoms in total. The lowest BCUT2D eigenvalue weighted by molar-refractivity contribution is -0.275. The van der Waals surface area contributed by atoms with Gasteiger partial charge in [0, 0.05) is 11.6 Å². The van der Waals surface area contributed by atoms with E-state index < -0.39 is 18.2 Å². The molecular formula is C14H20F3NO2. The van der Waals surface area contributed by atoms with Crippen LogP contribution in [-0.2, 0) is 0 Å². The van der Waals surface area contributed by atoms with E-state index in [2.05, 4.69) is 4.74 Å². The van der Waals surface area contributed by atoms with E-state index in [1.807, 2.05) is 20.8 Å². The Labute approximate surface area is 116 Å². The van der Waals surface area contributed by atoms with Crippen molar-refractivity contribution >= 4 is 0 Å². The molecule has 1 aromatic rings. The second-order valence-electron chi connectivity index (χ2n) is 5.81. The highest BCUT2D eigenvalue weighted by Crippen LogP contribution is 2.34. The number of para-hydroxylation sites is 1. The van der Waals surface area contributed by atoms with Crippen LogP contribution in [0.15, 0.2) is 24.3 Å². The largest absolute Gasteiger partial charge is 0.573 e. The van der Waals surface area contributed by atoms with Gasteiger partial charge in [-0.25, -0.2) is 0 Å². The number of aliphatic hydroxyl groups is 1. The Hall–Kier alpha value is -1.27.